The van der Waals surface area contributed by atoms with E-state index in [1.165, 1.54) is 18.3 Å². The minimum atomic E-state index is -0.350. The average molecular weight is 438 g/mol. The van der Waals surface area contributed by atoms with Gasteiger partial charge in [-0.25, -0.2) is 5.43 Å². The molecular formula is C20H21Cl2N3O4. The first-order valence-electron chi connectivity index (χ1n) is 8.81. The molecular weight excluding hydrogens is 417 g/mol. The molecule has 29 heavy (non-hydrogen) atoms. The molecule has 2 aromatic rings. The molecule has 0 heterocycles. The van der Waals surface area contributed by atoms with Crippen LogP contribution >= 0.6 is 23.2 Å². The highest BCUT2D eigenvalue weighted by molar-refractivity contribution is 6.42. The number of carbonyl (C=O) groups excluding carboxylic acids is 2. The van der Waals surface area contributed by atoms with Gasteiger partial charge in [0.15, 0.2) is 11.5 Å². The first-order chi connectivity index (χ1) is 14.0. The molecule has 0 radical (unpaired) electrons. The Morgan fingerprint density at radius 1 is 1.17 bits per heavy atom. The van der Waals surface area contributed by atoms with Gasteiger partial charge >= 0.3 is 0 Å². The van der Waals surface area contributed by atoms with E-state index in [2.05, 4.69) is 15.8 Å². The van der Waals surface area contributed by atoms with Crippen LogP contribution in [0.25, 0.3) is 0 Å². The zero-order chi connectivity index (χ0) is 21.2. The number of methoxy groups -OCH3 is 1. The Morgan fingerprint density at radius 3 is 2.66 bits per heavy atom. The summed E-state index contributed by atoms with van der Waals surface area (Å²) < 4.78 is 10.8. The third kappa shape index (κ3) is 6.66. The average Bonchev–Trinajstić information content (AvgIpc) is 2.71. The summed E-state index contributed by atoms with van der Waals surface area (Å²) in [6.45, 7) is 2.47. The molecule has 0 aliphatic rings. The summed E-state index contributed by atoms with van der Waals surface area (Å²) in [7, 11) is 1.55. The number of nitrogens with one attached hydrogen (secondary N) is 2. The predicted molar refractivity (Wildman–Crippen MR) is 113 cm³/mol. The standard InChI is InChI=1S/C20H21Cl2N3O4/c1-3-29-19-14(5-4-6-17(19)28-2)12-24-25-18(26)9-10-23-20(27)13-7-8-15(21)16(22)11-13/h4-8,11-12H,3,9-10H2,1-2H3,(H,23,27)(H,25,26). The van der Waals surface area contributed by atoms with E-state index in [0.717, 1.165) is 0 Å². The number of rotatable bonds is 9. The van der Waals surface area contributed by atoms with Crippen molar-refractivity contribution in [2.24, 2.45) is 5.10 Å². The normalized spacial score (nSPS) is 10.6. The van der Waals surface area contributed by atoms with Gasteiger partial charge in [0.2, 0.25) is 5.91 Å². The topological polar surface area (TPSA) is 89.0 Å². The number of nitrogens with zero attached hydrogens (tertiary/aromatic N) is 1. The quantitative estimate of drug-likeness (QED) is 0.462. The molecule has 0 fully saturated rings. The van der Waals surface area contributed by atoms with E-state index in [0.29, 0.717) is 34.3 Å². The number of hydrogen-bond acceptors (Lipinski definition) is 5. The monoisotopic (exact) mass is 437 g/mol. The summed E-state index contributed by atoms with van der Waals surface area (Å²) in [5.74, 6) is 0.422. The van der Waals surface area contributed by atoms with Crippen LogP contribution in [0.5, 0.6) is 11.5 Å². The molecule has 7 nitrogen and oxygen atoms in total. The van der Waals surface area contributed by atoms with E-state index in [9.17, 15) is 9.59 Å². The second kappa shape index (κ2) is 11.3. The van der Waals surface area contributed by atoms with Crippen molar-refractivity contribution in [3.63, 3.8) is 0 Å². The molecule has 154 valence electrons. The largest absolute Gasteiger partial charge is 0.493 e. The van der Waals surface area contributed by atoms with Crippen LogP contribution < -0.4 is 20.2 Å². The lowest BCUT2D eigenvalue weighted by atomic mass is 10.2. The van der Waals surface area contributed by atoms with Crippen LogP contribution in [0.3, 0.4) is 0 Å². The molecule has 0 aromatic heterocycles. The maximum Gasteiger partial charge on any atom is 0.251 e. The molecule has 0 aliphatic carbocycles. The Labute approximate surface area is 179 Å². The van der Waals surface area contributed by atoms with Crippen LogP contribution in [0.1, 0.15) is 29.3 Å². The van der Waals surface area contributed by atoms with Crippen molar-refractivity contribution in [1.82, 2.24) is 10.7 Å². The molecule has 0 aliphatic heterocycles. The van der Waals surface area contributed by atoms with Crippen molar-refractivity contribution < 1.29 is 19.1 Å². The van der Waals surface area contributed by atoms with E-state index >= 15 is 0 Å². The van der Waals surface area contributed by atoms with E-state index in [1.54, 1.807) is 31.4 Å². The molecule has 0 spiro atoms. The second-order valence-electron chi connectivity index (χ2n) is 5.74. The number of para-hydroxylation sites is 1. The molecule has 0 atom stereocenters. The Bertz CT molecular complexity index is 903. The van der Waals surface area contributed by atoms with Gasteiger partial charge in [-0.05, 0) is 37.3 Å². The lowest BCUT2D eigenvalue weighted by Crippen LogP contribution is -2.29. The number of hydrazone groups is 1. The number of carbonyl (C=O) groups is 2. The number of ether oxygens (including phenoxy) is 2. The Kier molecular flexibility index (Phi) is 8.76. The fraction of sp³-hybridized carbons (Fsp3) is 0.250. The van der Waals surface area contributed by atoms with Gasteiger partial charge in [-0.2, -0.15) is 5.10 Å². The Morgan fingerprint density at radius 2 is 1.97 bits per heavy atom. The van der Waals surface area contributed by atoms with Crippen molar-refractivity contribution in [3.05, 3.63) is 57.6 Å². The van der Waals surface area contributed by atoms with E-state index in [-0.39, 0.29) is 29.8 Å². The molecule has 0 unspecified atom stereocenters. The summed E-state index contributed by atoms with van der Waals surface area (Å²) in [5, 5.41) is 7.22. The molecule has 0 saturated heterocycles. The van der Waals surface area contributed by atoms with Crippen molar-refractivity contribution in [2.75, 3.05) is 20.3 Å². The second-order valence-corrected chi connectivity index (χ2v) is 6.55. The smallest absolute Gasteiger partial charge is 0.251 e. The fourth-order valence-electron chi connectivity index (χ4n) is 2.35. The summed E-state index contributed by atoms with van der Waals surface area (Å²) in [4.78, 5) is 24.0. The summed E-state index contributed by atoms with van der Waals surface area (Å²) in [5.41, 5.74) is 3.44. The van der Waals surface area contributed by atoms with Gasteiger partial charge < -0.3 is 14.8 Å². The van der Waals surface area contributed by atoms with Crippen molar-refractivity contribution in [2.45, 2.75) is 13.3 Å². The third-order valence-corrected chi connectivity index (χ3v) is 4.47. The lowest BCUT2D eigenvalue weighted by Gasteiger charge is -2.11. The van der Waals surface area contributed by atoms with Crippen LogP contribution in [-0.2, 0) is 4.79 Å². The summed E-state index contributed by atoms with van der Waals surface area (Å²) in [6.07, 6.45) is 1.53. The van der Waals surface area contributed by atoms with E-state index in [4.69, 9.17) is 32.7 Å². The van der Waals surface area contributed by atoms with Crippen LogP contribution in [-0.4, -0.2) is 38.3 Å². The van der Waals surface area contributed by atoms with Gasteiger partial charge in [-0.3, -0.25) is 9.59 Å². The number of halogens is 2. The molecule has 2 amide bonds. The van der Waals surface area contributed by atoms with Crippen LogP contribution in [0.15, 0.2) is 41.5 Å². The summed E-state index contributed by atoms with van der Waals surface area (Å²) in [6, 6.07) is 9.92. The van der Waals surface area contributed by atoms with Crippen molar-refractivity contribution in [3.8, 4) is 11.5 Å². The van der Waals surface area contributed by atoms with Crippen LogP contribution in [0.2, 0.25) is 10.0 Å². The highest BCUT2D eigenvalue weighted by Crippen LogP contribution is 2.29. The number of amides is 2. The van der Waals surface area contributed by atoms with E-state index < -0.39 is 0 Å². The van der Waals surface area contributed by atoms with Gasteiger partial charge in [0.25, 0.3) is 5.91 Å². The Hall–Kier alpha value is -2.77. The molecule has 2 rings (SSSR count). The predicted octanol–water partition coefficient (Wildman–Crippen LogP) is 3.67. The highest BCUT2D eigenvalue weighted by Gasteiger charge is 2.10. The minimum Gasteiger partial charge on any atom is -0.493 e. The van der Waals surface area contributed by atoms with Gasteiger partial charge in [0, 0.05) is 24.1 Å². The maximum absolute atomic E-state index is 12.0. The van der Waals surface area contributed by atoms with E-state index in [1.807, 2.05) is 6.92 Å². The molecule has 2 aromatic carbocycles. The molecule has 9 heteroatoms. The van der Waals surface area contributed by atoms with Crippen molar-refractivity contribution in [1.29, 1.82) is 0 Å². The van der Waals surface area contributed by atoms with Gasteiger partial charge in [0.05, 0.1) is 30.0 Å². The van der Waals surface area contributed by atoms with Crippen LogP contribution in [0, 0.1) is 0 Å². The number of benzene rings is 2. The lowest BCUT2D eigenvalue weighted by molar-refractivity contribution is -0.120. The minimum absolute atomic E-state index is 0.0564. The molecule has 0 bridgehead atoms. The highest BCUT2D eigenvalue weighted by atomic mass is 35.5. The zero-order valence-electron chi connectivity index (χ0n) is 16.0. The maximum atomic E-state index is 12.0. The SMILES string of the molecule is CCOc1c(C=NNC(=O)CCNC(=O)c2ccc(Cl)c(Cl)c2)cccc1OC. The molecule has 0 saturated carbocycles. The first kappa shape index (κ1) is 22.5. The van der Waals surface area contributed by atoms with Gasteiger partial charge in [0.1, 0.15) is 0 Å². The van der Waals surface area contributed by atoms with Gasteiger partial charge in [-0.15, -0.1) is 0 Å². The number of hydrogen-bond donors (Lipinski definition) is 2. The van der Waals surface area contributed by atoms with Crippen molar-refractivity contribution >= 4 is 41.2 Å². The van der Waals surface area contributed by atoms with Crippen LogP contribution in [0.4, 0.5) is 0 Å². The third-order valence-electron chi connectivity index (χ3n) is 3.73. The molecule has 2 N–H and O–H groups in total. The van der Waals surface area contributed by atoms with Gasteiger partial charge in [-0.1, -0.05) is 29.3 Å². The Balaban J connectivity index is 1.84. The zero-order valence-corrected chi connectivity index (χ0v) is 17.5. The summed E-state index contributed by atoms with van der Waals surface area (Å²) >= 11 is 11.7. The first-order valence-corrected chi connectivity index (χ1v) is 9.56. The fourth-order valence-corrected chi connectivity index (χ4v) is 2.65.